The Hall–Kier alpha value is -7.04. The quantitative estimate of drug-likeness (QED) is 0.159. The van der Waals surface area contributed by atoms with Crippen molar-refractivity contribution in [3.05, 3.63) is 203 Å². The third kappa shape index (κ3) is 8.05. The molecule has 12 rings (SSSR count). The highest BCUT2D eigenvalue weighted by Gasteiger charge is 2.48. The summed E-state index contributed by atoms with van der Waals surface area (Å²) in [6.07, 6.45) is 0. The van der Waals surface area contributed by atoms with Gasteiger partial charge in [0.15, 0.2) is 0 Å². The van der Waals surface area contributed by atoms with Gasteiger partial charge in [0, 0.05) is 67.3 Å². The summed E-state index contributed by atoms with van der Waals surface area (Å²) in [5, 5.41) is 1.36. The number of nitrogens with zero attached hydrogens (tertiary/aromatic N) is 3. The predicted octanol–water partition coefficient (Wildman–Crippen LogP) is 18.2. The van der Waals surface area contributed by atoms with Crippen LogP contribution in [0.25, 0.3) is 38.8 Å². The maximum atomic E-state index is 2.75. The Morgan fingerprint density at radius 3 is 1.51 bits per heavy atom. The predicted molar refractivity (Wildman–Crippen MR) is 334 cm³/mol. The van der Waals surface area contributed by atoms with Crippen molar-refractivity contribution in [1.29, 1.82) is 0 Å². The zero-order valence-corrected chi connectivity index (χ0v) is 49.0. The molecule has 0 spiro atoms. The fourth-order valence-corrected chi connectivity index (χ4v) is 13.0. The van der Waals surface area contributed by atoms with Crippen LogP contribution in [0.1, 0.15) is 157 Å². The fraction of sp³-hybridized carbons (Fsp3) is 0.315. The van der Waals surface area contributed by atoms with Gasteiger partial charge >= 0.3 is 0 Å². The molecule has 0 saturated carbocycles. The van der Waals surface area contributed by atoms with Gasteiger partial charge in [-0.05, 0) is 155 Å². The molecule has 1 aromatic heterocycles. The standard InChI is InChI=1S/C73H78BN3/c1-68(2,3)46-27-32-51(33-28-46)75(52-34-29-47(30-35-52)69(4,5)6)53-36-37-58-61(44-53)76(60-38-31-48(70(7,8)9)39-55(60)45-23-19-18-20-24-45)62-42-50(72(13,14)15)43-63-65(62)74(58)59-41-49(71(10,11)12)40-56-64-54-25-21-22-26-57(54)73(16,17)67(64)77(63)66(56)59/h18-44H,1-17H3. The number of fused-ring (bicyclic) bond motifs is 9. The lowest BCUT2D eigenvalue weighted by Gasteiger charge is -2.43. The number of hydrogen-bond donors (Lipinski definition) is 0. The van der Waals surface area contributed by atoms with E-state index >= 15 is 0 Å². The van der Waals surface area contributed by atoms with Crippen LogP contribution in [0.5, 0.6) is 0 Å². The van der Waals surface area contributed by atoms with Crippen molar-refractivity contribution in [2.45, 2.75) is 150 Å². The first-order chi connectivity index (χ1) is 36.1. The average Bonchev–Trinajstić information content (AvgIpc) is 3.87. The summed E-state index contributed by atoms with van der Waals surface area (Å²) in [5.74, 6) is 0. The van der Waals surface area contributed by atoms with Crippen LogP contribution in [-0.4, -0.2) is 11.3 Å². The lowest BCUT2D eigenvalue weighted by Crippen LogP contribution is -2.61. The third-order valence-electron chi connectivity index (χ3n) is 17.5. The molecule has 0 fully saturated rings. The minimum absolute atomic E-state index is 0.0238. The number of rotatable bonds is 5. The highest BCUT2D eigenvalue weighted by atomic mass is 15.2. The number of anilines is 6. The number of aromatic nitrogens is 1. The van der Waals surface area contributed by atoms with Crippen LogP contribution in [0.15, 0.2) is 164 Å². The molecule has 3 aliphatic rings. The van der Waals surface area contributed by atoms with Crippen molar-refractivity contribution in [1.82, 2.24) is 4.57 Å². The summed E-state index contributed by atoms with van der Waals surface area (Å²) in [6, 6.07) is 64.0. The molecule has 0 N–H and O–H groups in total. The van der Waals surface area contributed by atoms with Gasteiger partial charge in [-0.3, -0.25) is 0 Å². The number of hydrogen-bond acceptors (Lipinski definition) is 2. The molecule has 0 amide bonds. The van der Waals surface area contributed by atoms with Crippen LogP contribution < -0.4 is 26.2 Å². The first-order valence-electron chi connectivity index (χ1n) is 28.3. The molecule has 0 radical (unpaired) electrons. The van der Waals surface area contributed by atoms with E-state index in [4.69, 9.17) is 0 Å². The summed E-state index contributed by atoms with van der Waals surface area (Å²) in [5.41, 5.74) is 27.8. The zero-order chi connectivity index (χ0) is 54.7. The average molecular weight is 1010 g/mol. The molecular formula is C73H78BN3. The van der Waals surface area contributed by atoms with E-state index in [1.54, 1.807) is 0 Å². The molecule has 8 aromatic carbocycles. The van der Waals surface area contributed by atoms with Crippen LogP contribution in [0.4, 0.5) is 34.1 Å². The molecular weight excluding hydrogens is 930 g/mol. The Balaban J connectivity index is 1.23. The van der Waals surface area contributed by atoms with Crippen molar-refractivity contribution < 1.29 is 0 Å². The van der Waals surface area contributed by atoms with Gasteiger partial charge in [0.05, 0.1) is 5.69 Å². The Morgan fingerprint density at radius 2 is 0.922 bits per heavy atom. The van der Waals surface area contributed by atoms with Gasteiger partial charge in [-0.1, -0.05) is 215 Å². The molecule has 388 valence electrons. The summed E-state index contributed by atoms with van der Waals surface area (Å²) >= 11 is 0. The maximum absolute atomic E-state index is 2.75. The fourth-order valence-electron chi connectivity index (χ4n) is 13.0. The summed E-state index contributed by atoms with van der Waals surface area (Å²) in [6.45, 7) is 40.0. The largest absolute Gasteiger partial charge is 0.313 e. The van der Waals surface area contributed by atoms with Crippen molar-refractivity contribution in [2.75, 3.05) is 9.80 Å². The second kappa shape index (κ2) is 17.0. The third-order valence-corrected chi connectivity index (χ3v) is 17.5. The van der Waals surface area contributed by atoms with Crippen LogP contribution in [0.2, 0.25) is 0 Å². The molecule has 9 aromatic rings. The molecule has 0 unspecified atom stereocenters. The van der Waals surface area contributed by atoms with E-state index in [1.807, 2.05) is 0 Å². The normalized spacial score (nSPS) is 14.6. The van der Waals surface area contributed by atoms with E-state index in [1.165, 1.54) is 111 Å². The minimum atomic E-state index is -0.244. The van der Waals surface area contributed by atoms with Crippen molar-refractivity contribution in [2.24, 2.45) is 0 Å². The first-order valence-corrected chi connectivity index (χ1v) is 28.3. The van der Waals surface area contributed by atoms with E-state index in [0.29, 0.717) is 0 Å². The summed E-state index contributed by atoms with van der Waals surface area (Å²) < 4.78 is 2.75. The Morgan fingerprint density at radius 1 is 0.403 bits per heavy atom. The van der Waals surface area contributed by atoms with E-state index in [9.17, 15) is 0 Å². The van der Waals surface area contributed by atoms with Gasteiger partial charge in [-0.25, -0.2) is 0 Å². The van der Waals surface area contributed by atoms with Gasteiger partial charge in [-0.15, -0.1) is 0 Å². The van der Waals surface area contributed by atoms with Gasteiger partial charge in [-0.2, -0.15) is 0 Å². The van der Waals surface area contributed by atoms with Crippen LogP contribution in [-0.2, 0) is 32.5 Å². The highest BCUT2D eigenvalue weighted by molar-refractivity contribution is 7.00. The van der Waals surface area contributed by atoms with Gasteiger partial charge in [0.2, 0.25) is 0 Å². The molecule has 2 aliphatic heterocycles. The maximum Gasteiger partial charge on any atom is 0.252 e. The van der Waals surface area contributed by atoms with Gasteiger partial charge < -0.3 is 14.4 Å². The van der Waals surface area contributed by atoms with Crippen molar-refractivity contribution >= 4 is 68.1 Å². The monoisotopic (exact) mass is 1010 g/mol. The molecule has 0 bridgehead atoms. The molecule has 3 heterocycles. The SMILES string of the molecule is CC(C)(C)c1ccc(N(c2ccc(C(C)(C)C)cc2)c2ccc3c(c2)N(c2ccc(C(C)(C)C)cc2-c2ccccc2)c2cc(C(C)(C)C)cc4c2B3c2cc(C(C)(C)C)cc3c5c(n-4c23)C(C)(C)c2ccccc2-5)cc1. The Bertz CT molecular complexity index is 3780. The highest BCUT2D eigenvalue weighted by Crippen LogP contribution is 2.56. The lowest BCUT2D eigenvalue weighted by molar-refractivity contribution is 0.588. The van der Waals surface area contributed by atoms with Crippen LogP contribution in [0, 0.1) is 0 Å². The lowest BCUT2D eigenvalue weighted by atomic mass is 9.33. The van der Waals surface area contributed by atoms with Crippen LogP contribution >= 0.6 is 0 Å². The second-order valence-electron chi connectivity index (χ2n) is 28.4. The molecule has 4 heteroatoms. The molecule has 1 aliphatic carbocycles. The van der Waals surface area contributed by atoms with Crippen molar-refractivity contribution in [3.63, 3.8) is 0 Å². The molecule has 77 heavy (non-hydrogen) atoms. The zero-order valence-electron chi connectivity index (χ0n) is 49.0. The topological polar surface area (TPSA) is 11.4 Å². The summed E-state index contributed by atoms with van der Waals surface area (Å²) in [7, 11) is 0. The van der Waals surface area contributed by atoms with Crippen LogP contribution in [0.3, 0.4) is 0 Å². The molecule has 0 atom stereocenters. The first kappa shape index (κ1) is 50.8. The van der Waals surface area contributed by atoms with E-state index in [0.717, 1.165) is 17.1 Å². The van der Waals surface area contributed by atoms with Crippen molar-refractivity contribution in [3.8, 4) is 27.9 Å². The Labute approximate surface area is 461 Å². The van der Waals surface area contributed by atoms with Gasteiger partial charge in [0.25, 0.3) is 6.71 Å². The van der Waals surface area contributed by atoms with Gasteiger partial charge in [0.1, 0.15) is 0 Å². The smallest absolute Gasteiger partial charge is 0.252 e. The Kier molecular flexibility index (Phi) is 11.2. The summed E-state index contributed by atoms with van der Waals surface area (Å²) in [4.78, 5) is 5.17. The molecule has 0 saturated heterocycles. The van der Waals surface area contributed by atoms with E-state index in [2.05, 4.69) is 296 Å². The molecule has 3 nitrogen and oxygen atoms in total. The van der Waals surface area contributed by atoms with E-state index in [-0.39, 0.29) is 39.2 Å². The van der Waals surface area contributed by atoms with E-state index < -0.39 is 0 Å². The number of benzene rings is 8. The minimum Gasteiger partial charge on any atom is -0.313 e. The second-order valence-corrected chi connectivity index (χ2v) is 28.4.